The third-order valence-corrected chi connectivity index (χ3v) is 3.78. The lowest BCUT2D eigenvalue weighted by Crippen LogP contribution is -2.42. The van der Waals surface area contributed by atoms with Crippen LogP contribution in [0.2, 0.25) is 0 Å². The van der Waals surface area contributed by atoms with Gasteiger partial charge in [-0.3, -0.25) is 4.79 Å². The molecule has 0 aliphatic carbocycles. The summed E-state index contributed by atoms with van der Waals surface area (Å²) in [5.41, 5.74) is 2.47. The van der Waals surface area contributed by atoms with Crippen LogP contribution >= 0.6 is 0 Å². The van der Waals surface area contributed by atoms with Crippen molar-refractivity contribution in [3.8, 4) is 0 Å². The van der Waals surface area contributed by atoms with Crippen molar-refractivity contribution in [2.45, 2.75) is 20.8 Å². The number of anilines is 1. The molecule has 0 radical (unpaired) electrons. The smallest absolute Gasteiger partial charge is 0.241 e. The first kappa shape index (κ1) is 21.8. The standard InChI is InChI=1S/C19H33N5O2/c1-5-20-19(23-15-18(25)21-11-13-26-4)22-10-12-24(6-2)17-9-7-8-16(3)14-17/h7-9,14H,5-6,10-13,15H2,1-4H3,(H,21,25)(H2,20,22,23). The maximum atomic E-state index is 11.7. The van der Waals surface area contributed by atoms with Crippen LogP contribution in [-0.2, 0) is 9.53 Å². The molecule has 0 spiro atoms. The van der Waals surface area contributed by atoms with Crippen LogP contribution in [0.1, 0.15) is 19.4 Å². The van der Waals surface area contributed by atoms with Crippen molar-refractivity contribution in [1.82, 2.24) is 16.0 Å². The number of ether oxygens (including phenoxy) is 1. The van der Waals surface area contributed by atoms with Crippen molar-refractivity contribution in [2.24, 2.45) is 4.99 Å². The van der Waals surface area contributed by atoms with Gasteiger partial charge in [0.2, 0.25) is 5.91 Å². The second kappa shape index (κ2) is 13.0. The minimum absolute atomic E-state index is 0.0917. The molecule has 1 aromatic carbocycles. The van der Waals surface area contributed by atoms with Crippen molar-refractivity contribution < 1.29 is 9.53 Å². The van der Waals surface area contributed by atoms with Gasteiger partial charge in [0.25, 0.3) is 0 Å². The van der Waals surface area contributed by atoms with Crippen molar-refractivity contribution in [1.29, 1.82) is 0 Å². The molecule has 0 unspecified atom stereocenters. The Hall–Kier alpha value is -2.28. The van der Waals surface area contributed by atoms with E-state index in [4.69, 9.17) is 4.74 Å². The number of benzene rings is 1. The molecule has 26 heavy (non-hydrogen) atoms. The van der Waals surface area contributed by atoms with Gasteiger partial charge in [-0.05, 0) is 38.5 Å². The van der Waals surface area contributed by atoms with Crippen LogP contribution in [-0.4, -0.2) is 64.9 Å². The Morgan fingerprint density at radius 3 is 2.65 bits per heavy atom. The van der Waals surface area contributed by atoms with E-state index in [2.05, 4.69) is 64.0 Å². The zero-order chi connectivity index (χ0) is 19.2. The second-order valence-corrected chi connectivity index (χ2v) is 5.88. The minimum Gasteiger partial charge on any atom is -0.383 e. The summed E-state index contributed by atoms with van der Waals surface area (Å²) in [6, 6.07) is 8.49. The Morgan fingerprint density at radius 1 is 1.19 bits per heavy atom. The molecule has 1 aromatic rings. The number of carbonyl (C=O) groups is 1. The van der Waals surface area contributed by atoms with Gasteiger partial charge < -0.3 is 25.6 Å². The van der Waals surface area contributed by atoms with Gasteiger partial charge in [0.15, 0.2) is 5.96 Å². The van der Waals surface area contributed by atoms with Crippen molar-refractivity contribution in [3.63, 3.8) is 0 Å². The van der Waals surface area contributed by atoms with Crippen molar-refractivity contribution in [2.75, 3.05) is 57.9 Å². The first-order valence-electron chi connectivity index (χ1n) is 9.20. The molecule has 0 atom stereocenters. The average molecular weight is 364 g/mol. The maximum Gasteiger partial charge on any atom is 0.241 e. The Morgan fingerprint density at radius 2 is 2.00 bits per heavy atom. The molecule has 0 bridgehead atoms. The van der Waals surface area contributed by atoms with E-state index in [0.717, 1.165) is 26.2 Å². The fourth-order valence-corrected chi connectivity index (χ4v) is 2.44. The van der Waals surface area contributed by atoms with Gasteiger partial charge in [-0.15, -0.1) is 0 Å². The third-order valence-electron chi connectivity index (χ3n) is 3.78. The van der Waals surface area contributed by atoms with Gasteiger partial charge >= 0.3 is 0 Å². The number of nitrogens with zero attached hydrogens (tertiary/aromatic N) is 2. The zero-order valence-electron chi connectivity index (χ0n) is 16.5. The fourth-order valence-electron chi connectivity index (χ4n) is 2.44. The first-order valence-corrected chi connectivity index (χ1v) is 9.20. The number of likely N-dealkylation sites (N-methyl/N-ethyl adjacent to an activating group) is 1. The SMILES string of the molecule is CCNC(=NCC(=O)NCCOC)NCCN(CC)c1cccc(C)c1. The highest BCUT2D eigenvalue weighted by molar-refractivity contribution is 5.84. The van der Waals surface area contributed by atoms with Crippen LogP contribution in [0.15, 0.2) is 29.3 Å². The number of guanidine groups is 1. The summed E-state index contributed by atoms with van der Waals surface area (Å²) in [6.07, 6.45) is 0. The van der Waals surface area contributed by atoms with E-state index in [-0.39, 0.29) is 12.5 Å². The summed E-state index contributed by atoms with van der Waals surface area (Å²) in [7, 11) is 1.61. The number of aliphatic imine (C=N–C) groups is 1. The lowest BCUT2D eigenvalue weighted by Gasteiger charge is -2.24. The Bertz CT molecular complexity index is 563. The number of aryl methyl sites for hydroxylation is 1. The average Bonchev–Trinajstić information content (AvgIpc) is 2.63. The predicted octanol–water partition coefficient (Wildman–Crippen LogP) is 1.14. The van der Waals surface area contributed by atoms with E-state index in [1.165, 1.54) is 11.3 Å². The van der Waals surface area contributed by atoms with Gasteiger partial charge in [0, 0.05) is 45.5 Å². The molecule has 146 valence electrons. The first-order chi connectivity index (χ1) is 12.6. The molecule has 0 saturated heterocycles. The van der Waals surface area contributed by atoms with E-state index >= 15 is 0 Å². The summed E-state index contributed by atoms with van der Waals surface area (Å²) in [4.78, 5) is 18.4. The molecular weight excluding hydrogens is 330 g/mol. The number of methoxy groups -OCH3 is 1. The Balaban J connectivity index is 2.48. The van der Waals surface area contributed by atoms with E-state index in [0.29, 0.717) is 19.1 Å². The number of rotatable bonds is 11. The fraction of sp³-hybridized carbons (Fsp3) is 0.579. The predicted molar refractivity (Wildman–Crippen MR) is 108 cm³/mol. The molecule has 0 fully saturated rings. The zero-order valence-corrected chi connectivity index (χ0v) is 16.5. The minimum atomic E-state index is -0.116. The number of amides is 1. The third kappa shape index (κ3) is 8.71. The Labute approximate surface area is 157 Å². The van der Waals surface area contributed by atoms with E-state index < -0.39 is 0 Å². The molecule has 0 saturated carbocycles. The molecular formula is C19H33N5O2. The molecule has 0 heterocycles. The summed E-state index contributed by atoms with van der Waals surface area (Å²) in [5.74, 6) is 0.531. The van der Waals surface area contributed by atoms with Crippen LogP contribution < -0.4 is 20.9 Å². The monoisotopic (exact) mass is 363 g/mol. The number of hydrogen-bond donors (Lipinski definition) is 3. The topological polar surface area (TPSA) is 78.0 Å². The normalized spacial score (nSPS) is 11.2. The molecule has 1 amide bonds. The molecule has 0 aliphatic heterocycles. The van der Waals surface area contributed by atoms with Crippen molar-refractivity contribution in [3.05, 3.63) is 29.8 Å². The lowest BCUT2D eigenvalue weighted by atomic mass is 10.2. The van der Waals surface area contributed by atoms with Gasteiger partial charge in [-0.2, -0.15) is 0 Å². The highest BCUT2D eigenvalue weighted by atomic mass is 16.5. The molecule has 0 aromatic heterocycles. The van der Waals surface area contributed by atoms with Crippen LogP contribution in [0, 0.1) is 6.92 Å². The summed E-state index contributed by atoms with van der Waals surface area (Å²) < 4.78 is 4.91. The van der Waals surface area contributed by atoms with Gasteiger partial charge in [-0.1, -0.05) is 12.1 Å². The van der Waals surface area contributed by atoms with Crippen LogP contribution in [0.4, 0.5) is 5.69 Å². The quantitative estimate of drug-likeness (QED) is 0.312. The van der Waals surface area contributed by atoms with Crippen LogP contribution in [0.3, 0.4) is 0 Å². The largest absolute Gasteiger partial charge is 0.383 e. The lowest BCUT2D eigenvalue weighted by molar-refractivity contribution is -0.119. The van der Waals surface area contributed by atoms with Crippen LogP contribution in [0.5, 0.6) is 0 Å². The maximum absolute atomic E-state index is 11.7. The highest BCUT2D eigenvalue weighted by Crippen LogP contribution is 2.14. The molecule has 7 heteroatoms. The number of hydrogen-bond acceptors (Lipinski definition) is 4. The molecule has 3 N–H and O–H groups in total. The van der Waals surface area contributed by atoms with Gasteiger partial charge in [-0.25, -0.2) is 4.99 Å². The molecule has 7 nitrogen and oxygen atoms in total. The Kier molecular flexibility index (Phi) is 10.9. The summed E-state index contributed by atoms with van der Waals surface area (Å²) >= 11 is 0. The molecule has 0 aliphatic rings. The van der Waals surface area contributed by atoms with E-state index in [9.17, 15) is 4.79 Å². The summed E-state index contributed by atoms with van der Waals surface area (Å²) in [5, 5.41) is 9.20. The van der Waals surface area contributed by atoms with Gasteiger partial charge in [0.05, 0.1) is 6.61 Å². The second-order valence-electron chi connectivity index (χ2n) is 5.88. The summed E-state index contributed by atoms with van der Waals surface area (Å²) in [6.45, 7) is 10.6. The number of carbonyl (C=O) groups excluding carboxylic acids is 1. The van der Waals surface area contributed by atoms with Crippen molar-refractivity contribution >= 4 is 17.6 Å². The highest BCUT2D eigenvalue weighted by Gasteiger charge is 2.06. The number of nitrogens with one attached hydrogen (secondary N) is 3. The van der Waals surface area contributed by atoms with E-state index in [1.54, 1.807) is 7.11 Å². The van der Waals surface area contributed by atoms with Crippen LogP contribution in [0.25, 0.3) is 0 Å². The van der Waals surface area contributed by atoms with E-state index in [1.807, 2.05) is 6.92 Å². The van der Waals surface area contributed by atoms with Gasteiger partial charge in [0.1, 0.15) is 6.54 Å². The molecule has 1 rings (SSSR count).